The number of aliphatic hydroxyl groups is 1. The predicted octanol–water partition coefficient (Wildman–Crippen LogP) is 0.844. The van der Waals surface area contributed by atoms with Crippen LogP contribution in [0.4, 0.5) is 0 Å². The van der Waals surface area contributed by atoms with Gasteiger partial charge in [-0.15, -0.1) is 0 Å². The van der Waals surface area contributed by atoms with E-state index in [1.165, 1.54) is 0 Å². The monoisotopic (exact) mass is 235 g/mol. The number of carbonyl (C=O) groups is 1. The SMILES string of the molecule is O=C(COCc1ccccc1)NC1(CO)CC1. The van der Waals surface area contributed by atoms with Crippen molar-refractivity contribution in [1.29, 1.82) is 0 Å². The fraction of sp³-hybridized carbons (Fsp3) is 0.462. The molecule has 1 aromatic carbocycles. The molecule has 0 heterocycles. The Kier molecular flexibility index (Phi) is 3.76. The van der Waals surface area contributed by atoms with E-state index in [0.29, 0.717) is 6.61 Å². The van der Waals surface area contributed by atoms with Crippen LogP contribution in [0.3, 0.4) is 0 Å². The molecule has 1 amide bonds. The van der Waals surface area contributed by atoms with Gasteiger partial charge in [-0.1, -0.05) is 30.3 Å². The molecule has 92 valence electrons. The van der Waals surface area contributed by atoms with Crippen molar-refractivity contribution in [2.45, 2.75) is 25.0 Å². The van der Waals surface area contributed by atoms with E-state index in [1.54, 1.807) is 0 Å². The molecular formula is C13H17NO3. The van der Waals surface area contributed by atoms with Crippen LogP contribution in [-0.2, 0) is 16.1 Å². The number of benzene rings is 1. The summed E-state index contributed by atoms with van der Waals surface area (Å²) in [5.74, 6) is -0.160. The van der Waals surface area contributed by atoms with Gasteiger partial charge in [-0.05, 0) is 18.4 Å². The van der Waals surface area contributed by atoms with E-state index in [1.807, 2.05) is 30.3 Å². The topological polar surface area (TPSA) is 58.6 Å². The van der Waals surface area contributed by atoms with Crippen molar-refractivity contribution in [1.82, 2.24) is 5.32 Å². The second-order valence-corrected chi connectivity index (χ2v) is 4.47. The number of hydrogen-bond acceptors (Lipinski definition) is 3. The summed E-state index contributed by atoms with van der Waals surface area (Å²) in [7, 11) is 0. The van der Waals surface area contributed by atoms with Crippen molar-refractivity contribution in [3.8, 4) is 0 Å². The van der Waals surface area contributed by atoms with Crippen molar-refractivity contribution in [2.75, 3.05) is 13.2 Å². The fourth-order valence-corrected chi connectivity index (χ4v) is 1.64. The number of nitrogens with one attached hydrogen (secondary N) is 1. The van der Waals surface area contributed by atoms with Crippen LogP contribution in [0.5, 0.6) is 0 Å². The van der Waals surface area contributed by atoms with Gasteiger partial charge in [0, 0.05) is 0 Å². The van der Waals surface area contributed by atoms with Crippen LogP contribution in [0, 0.1) is 0 Å². The number of aliphatic hydroxyl groups excluding tert-OH is 1. The smallest absolute Gasteiger partial charge is 0.246 e. The molecule has 0 unspecified atom stereocenters. The molecule has 0 bridgehead atoms. The molecule has 0 aliphatic heterocycles. The second-order valence-electron chi connectivity index (χ2n) is 4.47. The molecule has 4 nitrogen and oxygen atoms in total. The first-order chi connectivity index (χ1) is 8.24. The van der Waals surface area contributed by atoms with Crippen molar-refractivity contribution in [3.05, 3.63) is 35.9 Å². The van der Waals surface area contributed by atoms with E-state index in [2.05, 4.69) is 5.32 Å². The molecule has 0 radical (unpaired) electrons. The van der Waals surface area contributed by atoms with Crippen LogP contribution in [0.15, 0.2) is 30.3 Å². The lowest BCUT2D eigenvalue weighted by atomic mass is 10.2. The van der Waals surface area contributed by atoms with E-state index in [0.717, 1.165) is 18.4 Å². The summed E-state index contributed by atoms with van der Waals surface area (Å²) in [4.78, 5) is 11.5. The van der Waals surface area contributed by atoms with Crippen molar-refractivity contribution >= 4 is 5.91 Å². The first kappa shape index (κ1) is 12.1. The van der Waals surface area contributed by atoms with Crippen molar-refractivity contribution < 1.29 is 14.6 Å². The number of hydrogen-bond donors (Lipinski definition) is 2. The Balaban J connectivity index is 1.67. The molecule has 1 aromatic rings. The maximum Gasteiger partial charge on any atom is 0.246 e. The lowest BCUT2D eigenvalue weighted by Gasteiger charge is -2.14. The Morgan fingerprint density at radius 1 is 1.35 bits per heavy atom. The van der Waals surface area contributed by atoms with Gasteiger partial charge in [0.2, 0.25) is 5.91 Å². The quantitative estimate of drug-likeness (QED) is 0.768. The Morgan fingerprint density at radius 3 is 2.65 bits per heavy atom. The highest BCUT2D eigenvalue weighted by Gasteiger charge is 2.43. The Morgan fingerprint density at radius 2 is 2.06 bits per heavy atom. The van der Waals surface area contributed by atoms with Crippen LogP contribution in [-0.4, -0.2) is 29.8 Å². The normalized spacial score (nSPS) is 16.5. The maximum atomic E-state index is 11.5. The van der Waals surface area contributed by atoms with Gasteiger partial charge in [-0.2, -0.15) is 0 Å². The van der Waals surface area contributed by atoms with E-state index in [9.17, 15) is 4.79 Å². The zero-order chi connectivity index (χ0) is 12.1. The Labute approximate surface area is 101 Å². The van der Waals surface area contributed by atoms with Crippen LogP contribution in [0.2, 0.25) is 0 Å². The van der Waals surface area contributed by atoms with Gasteiger partial charge in [0.15, 0.2) is 0 Å². The van der Waals surface area contributed by atoms with E-state index in [4.69, 9.17) is 9.84 Å². The molecule has 1 saturated carbocycles. The molecule has 0 saturated heterocycles. The Bertz CT molecular complexity index is 374. The van der Waals surface area contributed by atoms with E-state index >= 15 is 0 Å². The first-order valence-corrected chi connectivity index (χ1v) is 5.78. The number of amides is 1. The average Bonchev–Trinajstić information content (AvgIpc) is 3.11. The highest BCUT2D eigenvalue weighted by molar-refractivity contribution is 5.78. The molecule has 4 heteroatoms. The van der Waals surface area contributed by atoms with Gasteiger partial charge in [-0.3, -0.25) is 4.79 Å². The van der Waals surface area contributed by atoms with Gasteiger partial charge in [0.05, 0.1) is 18.8 Å². The van der Waals surface area contributed by atoms with Gasteiger partial charge < -0.3 is 15.2 Å². The molecule has 1 aliphatic carbocycles. The van der Waals surface area contributed by atoms with E-state index in [-0.39, 0.29) is 24.7 Å². The minimum absolute atomic E-state index is 0.0113. The predicted molar refractivity (Wildman–Crippen MR) is 63.3 cm³/mol. The van der Waals surface area contributed by atoms with Crippen molar-refractivity contribution in [3.63, 3.8) is 0 Å². The molecule has 0 aromatic heterocycles. The molecule has 1 aliphatic rings. The highest BCUT2D eigenvalue weighted by atomic mass is 16.5. The minimum atomic E-state index is -0.354. The van der Waals surface area contributed by atoms with Gasteiger partial charge in [-0.25, -0.2) is 0 Å². The molecule has 1 fully saturated rings. The van der Waals surface area contributed by atoms with Crippen LogP contribution in [0.25, 0.3) is 0 Å². The fourth-order valence-electron chi connectivity index (χ4n) is 1.64. The first-order valence-electron chi connectivity index (χ1n) is 5.78. The Hall–Kier alpha value is -1.39. The largest absolute Gasteiger partial charge is 0.394 e. The molecule has 2 N–H and O–H groups in total. The molecule has 17 heavy (non-hydrogen) atoms. The zero-order valence-corrected chi connectivity index (χ0v) is 9.69. The second kappa shape index (κ2) is 5.29. The van der Waals surface area contributed by atoms with E-state index < -0.39 is 0 Å². The molecule has 0 spiro atoms. The lowest BCUT2D eigenvalue weighted by Crippen LogP contribution is -2.41. The summed E-state index contributed by atoms with van der Waals surface area (Å²) in [5.41, 5.74) is 0.691. The molecule has 2 rings (SSSR count). The van der Waals surface area contributed by atoms with Crippen molar-refractivity contribution in [2.24, 2.45) is 0 Å². The third-order valence-corrected chi connectivity index (χ3v) is 2.91. The average molecular weight is 235 g/mol. The summed E-state index contributed by atoms with van der Waals surface area (Å²) in [6.07, 6.45) is 1.71. The van der Waals surface area contributed by atoms with Crippen LogP contribution in [0.1, 0.15) is 18.4 Å². The maximum absolute atomic E-state index is 11.5. The third-order valence-electron chi connectivity index (χ3n) is 2.91. The highest BCUT2D eigenvalue weighted by Crippen LogP contribution is 2.34. The number of rotatable bonds is 6. The van der Waals surface area contributed by atoms with Gasteiger partial charge >= 0.3 is 0 Å². The third kappa shape index (κ3) is 3.54. The summed E-state index contributed by atoms with van der Waals surface area (Å²) in [6.45, 7) is 0.481. The number of carbonyl (C=O) groups excluding carboxylic acids is 1. The molecule has 0 atom stereocenters. The number of ether oxygens (including phenoxy) is 1. The lowest BCUT2D eigenvalue weighted by molar-refractivity contribution is -0.127. The minimum Gasteiger partial charge on any atom is -0.394 e. The standard InChI is InChI=1S/C13H17NO3/c15-10-13(6-7-13)14-12(16)9-17-8-11-4-2-1-3-5-11/h1-5,15H,6-10H2,(H,14,16). The summed E-state index contributed by atoms with van der Waals surface area (Å²) >= 11 is 0. The van der Waals surface area contributed by atoms with Crippen LogP contribution >= 0.6 is 0 Å². The zero-order valence-electron chi connectivity index (χ0n) is 9.69. The van der Waals surface area contributed by atoms with Gasteiger partial charge in [0.1, 0.15) is 6.61 Å². The summed E-state index contributed by atoms with van der Waals surface area (Å²) < 4.78 is 5.31. The summed E-state index contributed by atoms with van der Waals surface area (Å²) in [6, 6.07) is 9.71. The molecular weight excluding hydrogens is 218 g/mol. The summed E-state index contributed by atoms with van der Waals surface area (Å²) in [5, 5.41) is 11.8. The van der Waals surface area contributed by atoms with Crippen LogP contribution < -0.4 is 5.32 Å². The van der Waals surface area contributed by atoms with Gasteiger partial charge in [0.25, 0.3) is 0 Å².